The van der Waals surface area contributed by atoms with E-state index in [1.807, 2.05) is 32.0 Å². The van der Waals surface area contributed by atoms with Crippen LogP contribution in [0, 0.1) is 13.8 Å². The number of ether oxygens (including phenoxy) is 1. The molecule has 1 aromatic carbocycles. The summed E-state index contributed by atoms with van der Waals surface area (Å²) in [6.45, 7) is 3.15. The van der Waals surface area contributed by atoms with E-state index >= 15 is 0 Å². The predicted octanol–water partition coefficient (Wildman–Crippen LogP) is 2.95. The number of hydrogen-bond acceptors (Lipinski definition) is 1. The Morgan fingerprint density at radius 2 is 1.77 bits per heavy atom. The number of benzene rings is 1. The summed E-state index contributed by atoms with van der Waals surface area (Å²) < 4.78 is 28.7. The van der Waals surface area contributed by atoms with Gasteiger partial charge in [0.15, 0.2) is 0 Å². The van der Waals surface area contributed by atoms with E-state index in [1.165, 1.54) is 0 Å². The summed E-state index contributed by atoms with van der Waals surface area (Å²) in [4.78, 5) is 0. The van der Waals surface area contributed by atoms with Crippen molar-refractivity contribution in [1.82, 2.24) is 0 Å². The fourth-order valence-corrected chi connectivity index (χ4v) is 1.17. The van der Waals surface area contributed by atoms with Crippen LogP contribution < -0.4 is 4.74 Å². The Morgan fingerprint density at radius 1 is 1.23 bits per heavy atom. The van der Waals surface area contributed by atoms with E-state index in [0.29, 0.717) is 5.75 Å². The van der Waals surface area contributed by atoms with E-state index in [2.05, 4.69) is 0 Å². The van der Waals surface area contributed by atoms with Crippen molar-refractivity contribution in [3.05, 3.63) is 29.3 Å². The van der Waals surface area contributed by atoms with Gasteiger partial charge in [-0.2, -0.15) is 0 Å². The molecule has 0 aliphatic carbocycles. The SMILES string of the molecule is Cc1cccc(C)c1OCC(F)F. The predicted molar refractivity (Wildman–Crippen MR) is 47.4 cm³/mol. The third kappa shape index (κ3) is 2.68. The molecule has 1 nitrogen and oxygen atoms in total. The summed E-state index contributed by atoms with van der Waals surface area (Å²) in [6.07, 6.45) is -2.42. The number of aryl methyl sites for hydroxylation is 2. The zero-order valence-corrected chi connectivity index (χ0v) is 7.68. The lowest BCUT2D eigenvalue weighted by Gasteiger charge is -2.10. The van der Waals surface area contributed by atoms with Crippen molar-refractivity contribution in [2.24, 2.45) is 0 Å². The molecule has 1 aromatic rings. The van der Waals surface area contributed by atoms with Crippen molar-refractivity contribution >= 4 is 0 Å². The minimum Gasteiger partial charge on any atom is -0.487 e. The molecule has 72 valence electrons. The first kappa shape index (κ1) is 9.96. The third-order valence-electron chi connectivity index (χ3n) is 1.76. The molecule has 0 spiro atoms. The van der Waals surface area contributed by atoms with Crippen LogP contribution in [0.15, 0.2) is 18.2 Å². The zero-order valence-electron chi connectivity index (χ0n) is 7.68. The maximum Gasteiger partial charge on any atom is 0.272 e. The standard InChI is InChI=1S/C10H12F2O/c1-7-4-3-5-8(2)10(7)13-6-9(11)12/h3-5,9H,6H2,1-2H3. The maximum atomic E-state index is 11.9. The zero-order chi connectivity index (χ0) is 9.84. The van der Waals surface area contributed by atoms with Gasteiger partial charge in [-0.3, -0.25) is 0 Å². The van der Waals surface area contributed by atoms with Crippen molar-refractivity contribution in [3.8, 4) is 5.75 Å². The molecular formula is C10H12F2O. The van der Waals surface area contributed by atoms with Crippen LogP contribution in [0.2, 0.25) is 0 Å². The lowest BCUT2D eigenvalue weighted by Crippen LogP contribution is -2.08. The largest absolute Gasteiger partial charge is 0.487 e. The molecule has 0 radical (unpaired) electrons. The average Bonchev–Trinajstić information content (AvgIpc) is 2.03. The highest BCUT2D eigenvalue weighted by Gasteiger charge is 2.07. The summed E-state index contributed by atoms with van der Waals surface area (Å²) in [5.74, 6) is 0.572. The molecule has 0 bridgehead atoms. The Hall–Kier alpha value is -1.12. The maximum absolute atomic E-state index is 11.9. The van der Waals surface area contributed by atoms with Gasteiger partial charge in [-0.05, 0) is 25.0 Å². The summed E-state index contributed by atoms with van der Waals surface area (Å²) in [5.41, 5.74) is 1.78. The molecule has 0 unspecified atom stereocenters. The van der Waals surface area contributed by atoms with Crippen molar-refractivity contribution in [3.63, 3.8) is 0 Å². The topological polar surface area (TPSA) is 9.23 Å². The van der Waals surface area contributed by atoms with Crippen LogP contribution in [-0.4, -0.2) is 13.0 Å². The summed E-state index contributed by atoms with van der Waals surface area (Å²) in [7, 11) is 0. The Kier molecular flexibility index (Phi) is 3.23. The first-order chi connectivity index (χ1) is 6.11. The van der Waals surface area contributed by atoms with Gasteiger partial charge in [-0.25, -0.2) is 8.78 Å². The number of para-hydroxylation sites is 1. The van der Waals surface area contributed by atoms with E-state index in [4.69, 9.17) is 4.74 Å². The molecule has 0 aliphatic rings. The van der Waals surface area contributed by atoms with Crippen LogP contribution in [-0.2, 0) is 0 Å². The summed E-state index contributed by atoms with van der Waals surface area (Å²) >= 11 is 0. The number of alkyl halides is 2. The average molecular weight is 186 g/mol. The summed E-state index contributed by atoms with van der Waals surface area (Å²) in [6, 6.07) is 5.56. The highest BCUT2D eigenvalue weighted by Crippen LogP contribution is 2.22. The molecule has 0 saturated carbocycles. The second-order valence-electron chi connectivity index (χ2n) is 2.92. The summed E-state index contributed by atoms with van der Waals surface area (Å²) in [5, 5.41) is 0. The first-order valence-corrected chi connectivity index (χ1v) is 4.08. The second kappa shape index (κ2) is 4.21. The molecule has 0 aromatic heterocycles. The Morgan fingerprint density at radius 3 is 2.23 bits per heavy atom. The normalized spacial score (nSPS) is 10.5. The van der Waals surface area contributed by atoms with Crippen molar-refractivity contribution in [2.45, 2.75) is 20.3 Å². The minimum absolute atomic E-state index is 0.536. The van der Waals surface area contributed by atoms with Crippen LogP contribution in [0.25, 0.3) is 0 Å². The second-order valence-corrected chi connectivity index (χ2v) is 2.92. The fraction of sp³-hybridized carbons (Fsp3) is 0.400. The molecule has 13 heavy (non-hydrogen) atoms. The molecule has 3 heteroatoms. The van der Waals surface area contributed by atoms with E-state index in [9.17, 15) is 8.78 Å². The van der Waals surface area contributed by atoms with Gasteiger partial charge >= 0.3 is 0 Å². The van der Waals surface area contributed by atoms with Gasteiger partial charge < -0.3 is 4.74 Å². The van der Waals surface area contributed by atoms with Gasteiger partial charge in [-0.15, -0.1) is 0 Å². The van der Waals surface area contributed by atoms with Gasteiger partial charge in [0, 0.05) is 0 Å². The lowest BCUT2D eigenvalue weighted by atomic mass is 10.1. The van der Waals surface area contributed by atoms with E-state index in [-0.39, 0.29) is 0 Å². The third-order valence-corrected chi connectivity index (χ3v) is 1.76. The Balaban J connectivity index is 2.75. The number of rotatable bonds is 3. The van der Waals surface area contributed by atoms with Gasteiger partial charge in [0.2, 0.25) is 0 Å². The molecule has 0 atom stereocenters. The molecule has 0 N–H and O–H groups in total. The van der Waals surface area contributed by atoms with E-state index < -0.39 is 13.0 Å². The van der Waals surface area contributed by atoms with Crippen LogP contribution in [0.1, 0.15) is 11.1 Å². The van der Waals surface area contributed by atoms with Crippen LogP contribution in [0.4, 0.5) is 8.78 Å². The van der Waals surface area contributed by atoms with Crippen molar-refractivity contribution < 1.29 is 13.5 Å². The van der Waals surface area contributed by atoms with Crippen molar-refractivity contribution in [2.75, 3.05) is 6.61 Å². The van der Waals surface area contributed by atoms with Gasteiger partial charge in [0.1, 0.15) is 12.4 Å². The molecule has 0 aliphatic heterocycles. The molecular weight excluding hydrogens is 174 g/mol. The van der Waals surface area contributed by atoms with Crippen LogP contribution >= 0.6 is 0 Å². The molecule has 0 heterocycles. The quantitative estimate of drug-likeness (QED) is 0.705. The van der Waals surface area contributed by atoms with Crippen molar-refractivity contribution in [1.29, 1.82) is 0 Å². The highest BCUT2D eigenvalue weighted by molar-refractivity contribution is 5.39. The van der Waals surface area contributed by atoms with E-state index in [1.54, 1.807) is 0 Å². The highest BCUT2D eigenvalue weighted by atomic mass is 19.3. The monoisotopic (exact) mass is 186 g/mol. The molecule has 0 amide bonds. The van der Waals surface area contributed by atoms with Gasteiger partial charge in [0.05, 0.1) is 0 Å². The lowest BCUT2D eigenvalue weighted by molar-refractivity contribution is 0.0812. The molecule has 0 fully saturated rings. The molecule has 0 saturated heterocycles. The smallest absolute Gasteiger partial charge is 0.272 e. The first-order valence-electron chi connectivity index (χ1n) is 4.08. The Bertz CT molecular complexity index is 264. The Labute approximate surface area is 76.3 Å². The number of halogens is 2. The fourth-order valence-electron chi connectivity index (χ4n) is 1.17. The van der Waals surface area contributed by atoms with Crippen LogP contribution in [0.3, 0.4) is 0 Å². The molecule has 1 rings (SSSR count). The van der Waals surface area contributed by atoms with E-state index in [0.717, 1.165) is 11.1 Å². The van der Waals surface area contributed by atoms with Gasteiger partial charge in [-0.1, -0.05) is 18.2 Å². The van der Waals surface area contributed by atoms with Gasteiger partial charge in [0.25, 0.3) is 6.43 Å². The van der Waals surface area contributed by atoms with Crippen LogP contribution in [0.5, 0.6) is 5.75 Å². The number of hydrogen-bond donors (Lipinski definition) is 0. The minimum atomic E-state index is -2.42.